The summed E-state index contributed by atoms with van der Waals surface area (Å²) >= 11 is 4.29. The summed E-state index contributed by atoms with van der Waals surface area (Å²) in [6.07, 6.45) is 1.64. The first-order valence-corrected chi connectivity index (χ1v) is 11.5. The summed E-state index contributed by atoms with van der Waals surface area (Å²) in [5.74, 6) is 0.168. The van der Waals surface area contributed by atoms with Gasteiger partial charge in [0.15, 0.2) is 0 Å². The predicted molar refractivity (Wildman–Crippen MR) is 130 cm³/mol. The summed E-state index contributed by atoms with van der Waals surface area (Å²) < 4.78 is 6.78. The van der Waals surface area contributed by atoms with E-state index in [0.29, 0.717) is 23.5 Å². The molecule has 1 aliphatic heterocycles. The van der Waals surface area contributed by atoms with Crippen molar-refractivity contribution in [3.05, 3.63) is 109 Å². The molecule has 1 fully saturated rings. The average molecular weight is 525 g/mol. The molecule has 0 saturated carbocycles. The van der Waals surface area contributed by atoms with E-state index >= 15 is 0 Å². The number of hydrogen-bond acceptors (Lipinski definition) is 6. The third-order valence-electron chi connectivity index (χ3n) is 4.86. The SMILES string of the molecule is O=C1SC(=Cc2cc(Br)ccc2OCc2ccccc2)C(=O)N1Cc1ccc([N+](=O)[O-])cc1. The molecule has 1 saturated heterocycles. The molecule has 0 aromatic heterocycles. The molecule has 3 aromatic rings. The summed E-state index contributed by atoms with van der Waals surface area (Å²) in [6, 6.07) is 21.0. The third kappa shape index (κ3) is 5.50. The molecule has 4 rings (SSSR count). The lowest BCUT2D eigenvalue weighted by Crippen LogP contribution is -2.27. The molecule has 2 amide bonds. The molecule has 7 nitrogen and oxygen atoms in total. The van der Waals surface area contributed by atoms with E-state index in [2.05, 4.69) is 15.9 Å². The Morgan fingerprint density at radius 3 is 2.42 bits per heavy atom. The van der Waals surface area contributed by atoms with Crippen LogP contribution in [0.2, 0.25) is 0 Å². The maximum Gasteiger partial charge on any atom is 0.293 e. The van der Waals surface area contributed by atoms with Gasteiger partial charge in [0.05, 0.1) is 16.4 Å². The molecule has 0 N–H and O–H groups in total. The highest BCUT2D eigenvalue weighted by Gasteiger charge is 2.35. The zero-order chi connectivity index (χ0) is 23.4. The number of amides is 2. The molecule has 3 aromatic carbocycles. The number of imide groups is 1. The highest BCUT2D eigenvalue weighted by molar-refractivity contribution is 9.10. The second kappa shape index (κ2) is 10.0. The predicted octanol–water partition coefficient (Wildman–Crippen LogP) is 6.17. The van der Waals surface area contributed by atoms with Crippen molar-refractivity contribution in [3.63, 3.8) is 0 Å². The van der Waals surface area contributed by atoms with Crippen molar-refractivity contribution in [2.24, 2.45) is 0 Å². The van der Waals surface area contributed by atoms with Crippen LogP contribution in [0.25, 0.3) is 6.08 Å². The normalized spacial score (nSPS) is 14.7. The Labute approximate surface area is 202 Å². The lowest BCUT2D eigenvalue weighted by molar-refractivity contribution is -0.384. The third-order valence-corrected chi connectivity index (χ3v) is 6.26. The number of non-ortho nitro benzene ring substituents is 1. The zero-order valence-corrected chi connectivity index (χ0v) is 19.5. The molecule has 0 bridgehead atoms. The number of hydrogen-bond donors (Lipinski definition) is 0. The molecule has 9 heteroatoms. The maximum atomic E-state index is 12.9. The number of thioether (sulfide) groups is 1. The van der Waals surface area contributed by atoms with Crippen LogP contribution < -0.4 is 4.74 Å². The minimum Gasteiger partial charge on any atom is -0.488 e. The van der Waals surface area contributed by atoms with Gasteiger partial charge >= 0.3 is 0 Å². The second-order valence-electron chi connectivity index (χ2n) is 7.15. The number of carbonyl (C=O) groups excluding carboxylic acids is 2. The van der Waals surface area contributed by atoms with Gasteiger partial charge in [-0.1, -0.05) is 58.4 Å². The molecule has 0 atom stereocenters. The highest BCUT2D eigenvalue weighted by atomic mass is 79.9. The second-order valence-corrected chi connectivity index (χ2v) is 9.06. The van der Waals surface area contributed by atoms with Crippen molar-refractivity contribution in [1.29, 1.82) is 0 Å². The van der Waals surface area contributed by atoms with Gasteiger partial charge in [-0.2, -0.15) is 0 Å². The summed E-state index contributed by atoms with van der Waals surface area (Å²) in [5, 5.41) is 10.4. The minimum absolute atomic E-state index is 0.0375. The number of benzene rings is 3. The van der Waals surface area contributed by atoms with Crippen LogP contribution in [-0.2, 0) is 17.9 Å². The van der Waals surface area contributed by atoms with Crippen LogP contribution in [0.1, 0.15) is 16.7 Å². The van der Waals surface area contributed by atoms with Crippen molar-refractivity contribution in [3.8, 4) is 5.75 Å². The number of nitrogens with zero attached hydrogens (tertiary/aromatic N) is 2. The Hall–Kier alpha value is -3.43. The fourth-order valence-corrected chi connectivity index (χ4v) is 4.39. The molecule has 0 aliphatic carbocycles. The van der Waals surface area contributed by atoms with Crippen LogP contribution >= 0.6 is 27.7 Å². The van der Waals surface area contributed by atoms with Gasteiger partial charge in [-0.25, -0.2) is 0 Å². The van der Waals surface area contributed by atoms with Gasteiger partial charge in [-0.05, 0) is 47.2 Å². The molecular formula is C24H17BrN2O5S. The van der Waals surface area contributed by atoms with Crippen molar-refractivity contribution in [2.45, 2.75) is 13.2 Å². The Bertz CT molecular complexity index is 1250. The molecule has 1 aliphatic rings. The van der Waals surface area contributed by atoms with Gasteiger partial charge in [-0.3, -0.25) is 24.6 Å². The molecule has 0 spiro atoms. The van der Waals surface area contributed by atoms with Gasteiger partial charge in [0.25, 0.3) is 16.8 Å². The van der Waals surface area contributed by atoms with Crippen LogP contribution in [0.4, 0.5) is 10.5 Å². The number of nitro groups is 1. The standard InChI is InChI=1S/C24H17BrN2O5S/c25-19-8-11-21(32-15-17-4-2-1-3-5-17)18(12-19)13-22-23(28)26(24(29)33-22)14-16-6-9-20(10-7-16)27(30)31/h1-13H,14-15H2. The molecule has 166 valence electrons. The minimum atomic E-state index is -0.498. The van der Waals surface area contributed by atoms with E-state index in [4.69, 9.17) is 4.74 Å². The first-order chi connectivity index (χ1) is 15.9. The Morgan fingerprint density at radius 1 is 1.00 bits per heavy atom. The monoisotopic (exact) mass is 524 g/mol. The summed E-state index contributed by atoms with van der Waals surface area (Å²) in [7, 11) is 0. The quantitative estimate of drug-likeness (QED) is 0.208. The van der Waals surface area contributed by atoms with Crippen LogP contribution in [0, 0.1) is 10.1 Å². The number of ether oxygens (including phenoxy) is 1. The lowest BCUT2D eigenvalue weighted by Gasteiger charge is -2.12. The van der Waals surface area contributed by atoms with Crippen molar-refractivity contribution >= 4 is 50.6 Å². The summed E-state index contributed by atoms with van der Waals surface area (Å²) in [4.78, 5) is 37.2. The van der Waals surface area contributed by atoms with Crippen LogP contribution in [-0.4, -0.2) is 21.0 Å². The summed E-state index contributed by atoms with van der Waals surface area (Å²) in [6.45, 7) is 0.404. The van der Waals surface area contributed by atoms with Crippen LogP contribution in [0.5, 0.6) is 5.75 Å². The summed E-state index contributed by atoms with van der Waals surface area (Å²) in [5.41, 5.74) is 2.25. The Kier molecular flexibility index (Phi) is 6.90. The fourth-order valence-electron chi connectivity index (χ4n) is 3.18. The zero-order valence-electron chi connectivity index (χ0n) is 17.1. The number of halogens is 1. The van der Waals surface area contributed by atoms with Crippen molar-refractivity contribution < 1.29 is 19.2 Å². The van der Waals surface area contributed by atoms with Gasteiger partial charge in [0.2, 0.25) is 0 Å². The Morgan fingerprint density at radius 2 is 1.73 bits per heavy atom. The number of carbonyl (C=O) groups is 2. The van der Waals surface area contributed by atoms with Crippen molar-refractivity contribution in [2.75, 3.05) is 0 Å². The molecule has 0 radical (unpaired) electrons. The first-order valence-electron chi connectivity index (χ1n) is 9.86. The smallest absolute Gasteiger partial charge is 0.293 e. The lowest BCUT2D eigenvalue weighted by atomic mass is 10.1. The fraction of sp³-hybridized carbons (Fsp3) is 0.0833. The largest absolute Gasteiger partial charge is 0.488 e. The van der Waals surface area contributed by atoms with E-state index in [1.807, 2.05) is 42.5 Å². The molecular weight excluding hydrogens is 508 g/mol. The first kappa shape index (κ1) is 22.8. The molecule has 0 unspecified atom stereocenters. The Balaban J connectivity index is 1.53. The van der Waals surface area contributed by atoms with Gasteiger partial charge in [0.1, 0.15) is 12.4 Å². The van der Waals surface area contributed by atoms with Crippen molar-refractivity contribution in [1.82, 2.24) is 4.90 Å². The van der Waals surface area contributed by atoms with E-state index in [1.54, 1.807) is 12.1 Å². The van der Waals surface area contributed by atoms with E-state index in [1.165, 1.54) is 24.3 Å². The van der Waals surface area contributed by atoms with Crippen LogP contribution in [0.3, 0.4) is 0 Å². The van der Waals surface area contributed by atoms with Gasteiger partial charge < -0.3 is 4.74 Å². The van der Waals surface area contributed by atoms with E-state index in [0.717, 1.165) is 26.7 Å². The number of nitro benzene ring substituents is 1. The van der Waals surface area contributed by atoms with E-state index in [9.17, 15) is 19.7 Å². The van der Waals surface area contributed by atoms with E-state index < -0.39 is 16.1 Å². The topological polar surface area (TPSA) is 89.8 Å². The van der Waals surface area contributed by atoms with Gasteiger partial charge in [-0.15, -0.1) is 0 Å². The number of rotatable bonds is 7. The molecule has 1 heterocycles. The molecule has 33 heavy (non-hydrogen) atoms. The maximum absolute atomic E-state index is 12.9. The van der Waals surface area contributed by atoms with Gasteiger partial charge in [0, 0.05) is 22.2 Å². The van der Waals surface area contributed by atoms with Crippen LogP contribution in [0.15, 0.2) is 82.2 Å². The average Bonchev–Trinajstić information content (AvgIpc) is 3.07. The highest BCUT2D eigenvalue weighted by Crippen LogP contribution is 2.36. The van der Waals surface area contributed by atoms with E-state index in [-0.39, 0.29) is 17.1 Å².